The highest BCUT2D eigenvalue weighted by Crippen LogP contribution is 2.45. The van der Waals surface area contributed by atoms with Gasteiger partial charge in [0.2, 0.25) is 0 Å². The first-order valence-corrected chi connectivity index (χ1v) is 12.7. The van der Waals surface area contributed by atoms with Gasteiger partial charge in [0, 0.05) is 5.56 Å². The zero-order valence-corrected chi connectivity index (χ0v) is 21.8. The van der Waals surface area contributed by atoms with E-state index in [0.29, 0.717) is 34.1 Å². The van der Waals surface area contributed by atoms with Crippen molar-refractivity contribution in [3.63, 3.8) is 0 Å². The van der Waals surface area contributed by atoms with Crippen LogP contribution in [0.5, 0.6) is 11.5 Å². The third kappa shape index (κ3) is 6.50. The number of carboxylic acids is 1. The van der Waals surface area contributed by atoms with Crippen LogP contribution in [0, 0.1) is 17.2 Å². The van der Waals surface area contributed by atoms with Crippen LogP contribution in [0.3, 0.4) is 0 Å². The van der Waals surface area contributed by atoms with E-state index < -0.39 is 23.3 Å². The lowest BCUT2D eigenvalue weighted by atomic mass is 9.81. The maximum Gasteiger partial charge on any atom is 0.303 e. The summed E-state index contributed by atoms with van der Waals surface area (Å²) in [6.45, 7) is 6.07. The van der Waals surface area contributed by atoms with E-state index in [0.717, 1.165) is 24.0 Å². The number of hydrogen-bond acceptors (Lipinski definition) is 4. The molecule has 0 spiro atoms. The van der Waals surface area contributed by atoms with Gasteiger partial charge >= 0.3 is 5.97 Å². The molecule has 0 bridgehead atoms. The van der Waals surface area contributed by atoms with Gasteiger partial charge < -0.3 is 19.7 Å². The summed E-state index contributed by atoms with van der Waals surface area (Å²) in [6.07, 6.45) is 1.40. The third-order valence-corrected chi connectivity index (χ3v) is 6.97. The summed E-state index contributed by atoms with van der Waals surface area (Å²) in [7, 11) is 1.53. The molecule has 1 aliphatic rings. The average Bonchev–Trinajstić information content (AvgIpc) is 3.71. The number of hydrogen-bond donors (Lipinski definition) is 2. The lowest BCUT2D eigenvalue weighted by Gasteiger charge is -2.28. The molecule has 3 aromatic rings. The van der Waals surface area contributed by atoms with Crippen molar-refractivity contribution in [2.75, 3.05) is 7.11 Å². The SMILES string of the molecule is COc1ccc(F)c(-c2ccc(OCc3cccc(C(CC(=O)O)C4CC4)c3)cc2C(O)C(C)(C)C)c1. The number of halogens is 1. The van der Waals surface area contributed by atoms with Crippen molar-refractivity contribution in [3.8, 4) is 22.6 Å². The predicted octanol–water partition coefficient (Wildman–Crippen LogP) is 7.13. The van der Waals surface area contributed by atoms with Crippen molar-refractivity contribution in [1.29, 1.82) is 0 Å². The van der Waals surface area contributed by atoms with E-state index in [1.165, 1.54) is 13.2 Å². The van der Waals surface area contributed by atoms with Gasteiger partial charge in [0.1, 0.15) is 23.9 Å². The Morgan fingerprint density at radius 2 is 1.76 bits per heavy atom. The molecule has 0 aromatic heterocycles. The Morgan fingerprint density at radius 3 is 2.41 bits per heavy atom. The molecule has 0 heterocycles. The minimum absolute atomic E-state index is 0.0167. The van der Waals surface area contributed by atoms with E-state index in [9.17, 15) is 19.4 Å². The molecule has 3 aromatic carbocycles. The molecule has 196 valence electrons. The van der Waals surface area contributed by atoms with Gasteiger partial charge in [-0.15, -0.1) is 0 Å². The summed E-state index contributed by atoms with van der Waals surface area (Å²) in [4.78, 5) is 11.4. The number of ether oxygens (including phenoxy) is 2. The van der Waals surface area contributed by atoms with Crippen molar-refractivity contribution in [2.45, 2.75) is 58.7 Å². The molecule has 2 N–H and O–H groups in total. The molecule has 1 saturated carbocycles. The molecule has 2 atom stereocenters. The minimum atomic E-state index is -0.865. The number of aliphatic hydroxyl groups excluding tert-OH is 1. The highest BCUT2D eigenvalue weighted by Gasteiger charge is 2.34. The summed E-state index contributed by atoms with van der Waals surface area (Å²) >= 11 is 0. The molecule has 1 aliphatic carbocycles. The highest BCUT2D eigenvalue weighted by molar-refractivity contribution is 5.71. The largest absolute Gasteiger partial charge is 0.497 e. The Morgan fingerprint density at radius 1 is 1.03 bits per heavy atom. The van der Waals surface area contributed by atoms with E-state index in [4.69, 9.17) is 9.47 Å². The summed E-state index contributed by atoms with van der Waals surface area (Å²) in [5.74, 6) is 0.345. The quantitative estimate of drug-likeness (QED) is 0.306. The lowest BCUT2D eigenvalue weighted by Crippen LogP contribution is -2.18. The van der Waals surface area contributed by atoms with Crippen LogP contribution in [-0.2, 0) is 11.4 Å². The summed E-state index contributed by atoms with van der Waals surface area (Å²) in [5, 5.41) is 20.5. The Kier molecular flexibility index (Phi) is 7.88. The molecular weight excluding hydrogens is 471 g/mol. The fourth-order valence-electron chi connectivity index (χ4n) is 4.73. The van der Waals surface area contributed by atoms with E-state index in [1.807, 2.05) is 45.0 Å². The number of aliphatic carboxylic acids is 1. The molecule has 1 fully saturated rings. The van der Waals surface area contributed by atoms with E-state index in [-0.39, 0.29) is 18.9 Å². The second kappa shape index (κ2) is 10.9. The van der Waals surface area contributed by atoms with Gasteiger partial charge in [-0.1, -0.05) is 51.1 Å². The number of carbonyl (C=O) groups is 1. The van der Waals surface area contributed by atoms with Crippen LogP contribution in [0.25, 0.3) is 11.1 Å². The highest BCUT2D eigenvalue weighted by atomic mass is 19.1. The zero-order valence-electron chi connectivity index (χ0n) is 21.8. The van der Waals surface area contributed by atoms with Crippen molar-refractivity contribution in [3.05, 3.63) is 83.2 Å². The standard InChI is InChI=1S/C31H35FO5/c1-31(2,3)30(35)27-16-23(10-12-24(27)26-15-22(36-4)11-13-28(26)32)37-18-19-6-5-7-21(14-19)25(17-29(33)34)20-8-9-20/h5-7,10-16,20,25,30,35H,8-9,17-18H2,1-4H3,(H,33,34). The van der Waals surface area contributed by atoms with Gasteiger partial charge in [-0.2, -0.15) is 0 Å². The molecule has 2 unspecified atom stereocenters. The fraction of sp³-hybridized carbons (Fsp3) is 0.387. The van der Waals surface area contributed by atoms with Crippen LogP contribution >= 0.6 is 0 Å². The van der Waals surface area contributed by atoms with Gasteiger partial charge in [-0.05, 0) is 82.7 Å². The Bertz CT molecular complexity index is 1260. The zero-order chi connectivity index (χ0) is 26.7. The van der Waals surface area contributed by atoms with Crippen LogP contribution in [0.1, 0.15) is 68.7 Å². The molecule has 37 heavy (non-hydrogen) atoms. The van der Waals surface area contributed by atoms with Gasteiger partial charge in [0.05, 0.1) is 19.6 Å². The fourth-order valence-corrected chi connectivity index (χ4v) is 4.73. The van der Waals surface area contributed by atoms with Crippen LogP contribution in [0.2, 0.25) is 0 Å². The van der Waals surface area contributed by atoms with Crippen molar-refractivity contribution >= 4 is 5.97 Å². The van der Waals surface area contributed by atoms with Crippen molar-refractivity contribution < 1.29 is 28.9 Å². The number of carboxylic acid groups (broad SMARTS) is 1. The maximum absolute atomic E-state index is 14.8. The first-order valence-electron chi connectivity index (χ1n) is 12.7. The van der Waals surface area contributed by atoms with E-state index in [2.05, 4.69) is 0 Å². The van der Waals surface area contributed by atoms with Crippen LogP contribution in [-0.4, -0.2) is 23.3 Å². The maximum atomic E-state index is 14.8. The number of benzene rings is 3. The molecule has 0 radical (unpaired) electrons. The topological polar surface area (TPSA) is 76.0 Å². The second-order valence-electron chi connectivity index (χ2n) is 10.9. The van der Waals surface area contributed by atoms with Gasteiger partial charge in [0.15, 0.2) is 0 Å². The molecule has 4 rings (SSSR count). The van der Waals surface area contributed by atoms with Crippen molar-refractivity contribution in [1.82, 2.24) is 0 Å². The number of aliphatic hydroxyl groups is 1. The van der Waals surface area contributed by atoms with Gasteiger partial charge in [0.25, 0.3) is 0 Å². The molecular formula is C31H35FO5. The van der Waals surface area contributed by atoms with Crippen LogP contribution in [0.15, 0.2) is 60.7 Å². The smallest absolute Gasteiger partial charge is 0.303 e. The molecule has 0 amide bonds. The van der Waals surface area contributed by atoms with Gasteiger partial charge in [-0.25, -0.2) is 4.39 Å². The summed E-state index contributed by atoms with van der Waals surface area (Å²) in [6, 6.07) is 17.8. The van der Waals surface area contributed by atoms with Crippen LogP contribution in [0.4, 0.5) is 4.39 Å². The Hall–Kier alpha value is -3.38. The normalized spacial score (nSPS) is 15.2. The Balaban J connectivity index is 1.61. The van der Waals surface area contributed by atoms with E-state index >= 15 is 0 Å². The average molecular weight is 507 g/mol. The lowest BCUT2D eigenvalue weighted by molar-refractivity contribution is -0.137. The second-order valence-corrected chi connectivity index (χ2v) is 10.9. The Labute approximate surface area is 217 Å². The number of rotatable bonds is 10. The molecule has 0 saturated heterocycles. The predicted molar refractivity (Wildman–Crippen MR) is 141 cm³/mol. The first kappa shape index (κ1) is 26.7. The summed E-state index contributed by atoms with van der Waals surface area (Å²) < 4.78 is 26.2. The van der Waals surface area contributed by atoms with Gasteiger partial charge in [-0.3, -0.25) is 4.79 Å². The number of methoxy groups -OCH3 is 1. The first-order chi connectivity index (χ1) is 17.6. The van der Waals surface area contributed by atoms with Crippen LogP contribution < -0.4 is 9.47 Å². The summed E-state index contributed by atoms with van der Waals surface area (Å²) in [5.41, 5.74) is 2.98. The third-order valence-electron chi connectivity index (χ3n) is 6.97. The van der Waals surface area contributed by atoms with E-state index in [1.54, 1.807) is 30.3 Å². The molecule has 6 heteroatoms. The monoisotopic (exact) mass is 506 g/mol. The minimum Gasteiger partial charge on any atom is -0.497 e. The molecule has 0 aliphatic heterocycles. The molecule has 5 nitrogen and oxygen atoms in total. The van der Waals surface area contributed by atoms with Crippen molar-refractivity contribution in [2.24, 2.45) is 11.3 Å².